The number of nitrogens with zero attached hydrogens (tertiary/aromatic N) is 3. The number of hydrogen-bond donors (Lipinski definition) is 3. The fourth-order valence-corrected chi connectivity index (χ4v) is 2.94. The van der Waals surface area contributed by atoms with E-state index in [2.05, 4.69) is 15.5 Å². The van der Waals surface area contributed by atoms with E-state index < -0.39 is 28.2 Å². The Balaban J connectivity index is 2.12. The molecule has 1 aromatic heterocycles. The Bertz CT molecular complexity index is 787. The fourth-order valence-electron chi connectivity index (χ4n) is 1.70. The lowest BCUT2D eigenvalue weighted by molar-refractivity contribution is -0.139. The maximum atomic E-state index is 12.3. The van der Waals surface area contributed by atoms with Crippen LogP contribution in [-0.2, 0) is 24.7 Å². The summed E-state index contributed by atoms with van der Waals surface area (Å²) in [6.45, 7) is 3.03. The number of anilines is 1. The van der Waals surface area contributed by atoms with E-state index in [4.69, 9.17) is 15.1 Å². The third-order valence-electron chi connectivity index (χ3n) is 2.81. The number of nitrogens with one attached hydrogen (secondary N) is 1. The van der Waals surface area contributed by atoms with E-state index >= 15 is 0 Å². The summed E-state index contributed by atoms with van der Waals surface area (Å²) in [6, 6.07) is -1.10. The number of carbonyl (C=O) groups is 2. The lowest BCUT2D eigenvalue weighted by Gasteiger charge is -2.35. The molecular formula is C11H15N5O6S2. The summed E-state index contributed by atoms with van der Waals surface area (Å²) >= 11 is 1.09. The third kappa shape index (κ3) is 3.98. The Morgan fingerprint density at radius 2 is 2.29 bits per heavy atom. The van der Waals surface area contributed by atoms with Crippen molar-refractivity contribution in [2.75, 3.05) is 12.3 Å². The molecule has 4 N–H and O–H groups in total. The molecule has 1 aliphatic heterocycles. The molecule has 1 aromatic rings. The minimum atomic E-state index is -4.62. The van der Waals surface area contributed by atoms with Crippen molar-refractivity contribution in [3.8, 4) is 0 Å². The summed E-state index contributed by atoms with van der Waals surface area (Å²) in [7, 11) is -4.62. The lowest BCUT2D eigenvalue weighted by atomic mass is 10.1. The SMILES string of the molecule is CC(C)O/N=C(/C(=O)NC1CN(S(=O)(=O)O)C1=O)c1csc(N)n1. The zero-order valence-corrected chi connectivity index (χ0v) is 14.3. The highest BCUT2D eigenvalue weighted by Crippen LogP contribution is 2.16. The Morgan fingerprint density at radius 3 is 2.75 bits per heavy atom. The number of β-lactam (4-membered cyclic amide) rings is 1. The molecule has 1 aliphatic rings. The molecule has 2 amide bonds. The summed E-state index contributed by atoms with van der Waals surface area (Å²) in [6.07, 6.45) is -0.302. The average molecular weight is 377 g/mol. The number of aromatic nitrogens is 1. The predicted octanol–water partition coefficient (Wildman–Crippen LogP) is -1.02. The second kappa shape index (κ2) is 6.70. The van der Waals surface area contributed by atoms with Gasteiger partial charge in [-0.15, -0.1) is 11.3 Å². The van der Waals surface area contributed by atoms with Crippen LogP contribution in [0.2, 0.25) is 0 Å². The molecule has 0 aromatic carbocycles. The zero-order valence-electron chi connectivity index (χ0n) is 12.7. The molecule has 13 heteroatoms. The summed E-state index contributed by atoms with van der Waals surface area (Å²) in [4.78, 5) is 32.9. The Morgan fingerprint density at radius 1 is 1.62 bits per heavy atom. The number of hydrogen-bond acceptors (Lipinski definition) is 9. The van der Waals surface area contributed by atoms with E-state index in [1.54, 1.807) is 13.8 Å². The summed E-state index contributed by atoms with van der Waals surface area (Å²) in [5.74, 6) is -1.73. The van der Waals surface area contributed by atoms with E-state index in [1.165, 1.54) is 5.38 Å². The van der Waals surface area contributed by atoms with Gasteiger partial charge in [-0.05, 0) is 13.8 Å². The van der Waals surface area contributed by atoms with E-state index in [1.807, 2.05) is 0 Å². The second-order valence-electron chi connectivity index (χ2n) is 5.04. The van der Waals surface area contributed by atoms with Crippen LogP contribution in [0, 0.1) is 0 Å². The molecule has 0 saturated carbocycles. The molecule has 1 atom stereocenters. The average Bonchev–Trinajstić information content (AvgIpc) is 2.87. The van der Waals surface area contributed by atoms with Gasteiger partial charge in [-0.1, -0.05) is 5.16 Å². The highest BCUT2D eigenvalue weighted by molar-refractivity contribution is 7.84. The van der Waals surface area contributed by atoms with Crippen LogP contribution in [0.25, 0.3) is 0 Å². The Hall–Kier alpha value is -2.25. The van der Waals surface area contributed by atoms with Gasteiger partial charge in [0.25, 0.3) is 11.8 Å². The van der Waals surface area contributed by atoms with Gasteiger partial charge < -0.3 is 15.9 Å². The number of oxime groups is 1. The Labute approximate surface area is 141 Å². The van der Waals surface area contributed by atoms with Gasteiger partial charge in [0.15, 0.2) is 10.8 Å². The standard InChI is InChI=1S/C11H15N5O6S2/c1-5(2)22-15-8(7-4-23-11(12)14-7)9(17)13-6-3-16(10(6)18)24(19,20)21/h4-6H,3H2,1-2H3,(H2,12,14)(H,13,17)(H,19,20,21)/b15-8+. The number of amides is 2. The van der Waals surface area contributed by atoms with Crippen LogP contribution < -0.4 is 11.1 Å². The van der Waals surface area contributed by atoms with Gasteiger partial charge in [0, 0.05) is 5.38 Å². The first-order valence-corrected chi connectivity index (χ1v) is 8.92. The summed E-state index contributed by atoms with van der Waals surface area (Å²) in [5, 5.41) is 7.72. The maximum absolute atomic E-state index is 12.3. The van der Waals surface area contributed by atoms with Crippen LogP contribution in [0.5, 0.6) is 0 Å². The van der Waals surface area contributed by atoms with Crippen molar-refractivity contribution in [1.29, 1.82) is 0 Å². The molecule has 1 saturated heterocycles. The molecule has 0 bridgehead atoms. The van der Waals surface area contributed by atoms with E-state index in [0.29, 0.717) is 0 Å². The molecule has 0 radical (unpaired) electrons. The van der Waals surface area contributed by atoms with Crippen LogP contribution in [0.4, 0.5) is 5.13 Å². The topological polar surface area (TPSA) is 164 Å². The first-order valence-electron chi connectivity index (χ1n) is 6.64. The number of nitrogens with two attached hydrogens (primary N) is 1. The second-order valence-corrected chi connectivity index (χ2v) is 7.26. The van der Waals surface area contributed by atoms with Crippen LogP contribution in [0.1, 0.15) is 19.5 Å². The minimum Gasteiger partial charge on any atom is -0.392 e. The smallest absolute Gasteiger partial charge is 0.362 e. The summed E-state index contributed by atoms with van der Waals surface area (Å²) < 4.78 is 30.8. The first kappa shape index (κ1) is 18.1. The molecule has 0 aliphatic carbocycles. The van der Waals surface area contributed by atoms with E-state index in [-0.39, 0.29) is 33.5 Å². The molecule has 2 rings (SSSR count). The van der Waals surface area contributed by atoms with Crippen molar-refractivity contribution in [2.45, 2.75) is 26.0 Å². The van der Waals surface area contributed by atoms with Crippen LogP contribution in [0.15, 0.2) is 10.5 Å². The molecule has 1 fully saturated rings. The van der Waals surface area contributed by atoms with Crippen LogP contribution >= 0.6 is 11.3 Å². The molecule has 1 unspecified atom stereocenters. The van der Waals surface area contributed by atoms with Crippen molar-refractivity contribution in [3.63, 3.8) is 0 Å². The van der Waals surface area contributed by atoms with Gasteiger partial charge in [-0.25, -0.2) is 9.29 Å². The summed E-state index contributed by atoms with van der Waals surface area (Å²) in [5.41, 5.74) is 5.49. The van der Waals surface area contributed by atoms with Crippen LogP contribution in [-0.4, -0.2) is 58.5 Å². The van der Waals surface area contributed by atoms with Crippen molar-refractivity contribution < 1.29 is 27.4 Å². The molecular weight excluding hydrogens is 362 g/mol. The molecule has 11 nitrogen and oxygen atoms in total. The monoisotopic (exact) mass is 377 g/mol. The molecule has 0 spiro atoms. The first-order chi connectivity index (χ1) is 11.1. The fraction of sp³-hybridized carbons (Fsp3) is 0.455. The van der Waals surface area contributed by atoms with Gasteiger partial charge in [0.1, 0.15) is 17.8 Å². The van der Waals surface area contributed by atoms with Gasteiger partial charge in [0.05, 0.1) is 6.54 Å². The highest BCUT2D eigenvalue weighted by atomic mass is 32.2. The highest BCUT2D eigenvalue weighted by Gasteiger charge is 2.45. The Kier molecular flexibility index (Phi) is 5.05. The normalized spacial score (nSPS) is 18.5. The number of nitrogen functional groups attached to an aromatic ring is 1. The maximum Gasteiger partial charge on any atom is 0.362 e. The number of rotatable bonds is 6. The quantitative estimate of drug-likeness (QED) is 0.245. The predicted molar refractivity (Wildman–Crippen MR) is 84.5 cm³/mol. The van der Waals surface area contributed by atoms with E-state index in [0.717, 1.165) is 11.3 Å². The van der Waals surface area contributed by atoms with E-state index in [9.17, 15) is 18.0 Å². The van der Waals surface area contributed by atoms with Gasteiger partial charge in [-0.2, -0.15) is 8.42 Å². The third-order valence-corrected chi connectivity index (χ3v) is 4.37. The molecule has 24 heavy (non-hydrogen) atoms. The van der Waals surface area contributed by atoms with Crippen molar-refractivity contribution in [3.05, 3.63) is 11.1 Å². The zero-order chi connectivity index (χ0) is 18.1. The molecule has 132 valence electrons. The number of carbonyl (C=O) groups excluding carboxylic acids is 2. The van der Waals surface area contributed by atoms with Crippen LogP contribution in [0.3, 0.4) is 0 Å². The van der Waals surface area contributed by atoms with Gasteiger partial charge >= 0.3 is 10.3 Å². The largest absolute Gasteiger partial charge is 0.392 e. The van der Waals surface area contributed by atoms with Gasteiger partial charge in [0.2, 0.25) is 0 Å². The van der Waals surface area contributed by atoms with Crippen molar-refractivity contribution >= 4 is 44.3 Å². The lowest BCUT2D eigenvalue weighted by Crippen LogP contribution is -2.65. The number of thiazole rings is 1. The minimum absolute atomic E-state index is 0.161. The van der Waals surface area contributed by atoms with Gasteiger partial charge in [-0.3, -0.25) is 14.1 Å². The van der Waals surface area contributed by atoms with Crippen molar-refractivity contribution in [2.24, 2.45) is 5.16 Å². The molecule has 2 heterocycles. The van der Waals surface area contributed by atoms with Crippen molar-refractivity contribution in [1.82, 2.24) is 14.6 Å².